The van der Waals surface area contributed by atoms with Crippen molar-refractivity contribution in [1.29, 1.82) is 0 Å². The van der Waals surface area contributed by atoms with Gasteiger partial charge >= 0.3 is 12.0 Å². The van der Waals surface area contributed by atoms with Gasteiger partial charge < -0.3 is 15.7 Å². The molecule has 0 radical (unpaired) electrons. The van der Waals surface area contributed by atoms with Crippen LogP contribution in [0, 0.1) is 0 Å². The van der Waals surface area contributed by atoms with Crippen LogP contribution in [0.1, 0.15) is 10.4 Å². The Kier molecular flexibility index (Phi) is 4.03. The first-order chi connectivity index (χ1) is 9.06. The Bertz CT molecular complexity index is 613. The Balaban J connectivity index is 2.09. The number of benzene rings is 1. The predicted octanol–water partition coefficient (Wildman–Crippen LogP) is 3.74. The topological polar surface area (TPSA) is 78.4 Å². The highest BCUT2D eigenvalue weighted by Crippen LogP contribution is 2.21. The van der Waals surface area contributed by atoms with E-state index in [-0.39, 0.29) is 10.6 Å². The number of urea groups is 1. The minimum Gasteiger partial charge on any atom is -0.478 e. The summed E-state index contributed by atoms with van der Waals surface area (Å²) in [5.41, 5.74) is 0.972. The highest BCUT2D eigenvalue weighted by Gasteiger charge is 2.10. The first-order valence-electron chi connectivity index (χ1n) is 5.19. The number of carbonyl (C=O) groups excluding carboxylic acids is 1. The Morgan fingerprint density at radius 2 is 1.89 bits per heavy atom. The Morgan fingerprint density at radius 3 is 2.53 bits per heavy atom. The molecular formula is C12H9ClN2O3S. The van der Waals surface area contributed by atoms with Gasteiger partial charge in [0, 0.05) is 11.1 Å². The minimum atomic E-state index is -1.15. The summed E-state index contributed by atoms with van der Waals surface area (Å²) >= 11 is 7.19. The summed E-state index contributed by atoms with van der Waals surface area (Å²) in [6, 6.07) is 5.57. The maximum absolute atomic E-state index is 11.6. The van der Waals surface area contributed by atoms with E-state index in [4.69, 9.17) is 16.7 Å². The highest BCUT2D eigenvalue weighted by atomic mass is 35.5. The van der Waals surface area contributed by atoms with Gasteiger partial charge in [0.25, 0.3) is 0 Å². The lowest BCUT2D eigenvalue weighted by Gasteiger charge is -2.07. The van der Waals surface area contributed by atoms with Gasteiger partial charge in [-0.05, 0) is 29.6 Å². The summed E-state index contributed by atoms with van der Waals surface area (Å²) in [5, 5.41) is 17.8. The number of carbonyl (C=O) groups is 2. The number of rotatable bonds is 3. The molecule has 0 aliphatic carbocycles. The molecule has 0 aliphatic rings. The maximum Gasteiger partial charge on any atom is 0.337 e. The van der Waals surface area contributed by atoms with Crippen molar-refractivity contribution in [3.05, 3.63) is 45.6 Å². The van der Waals surface area contributed by atoms with Crippen LogP contribution in [-0.4, -0.2) is 17.1 Å². The standard InChI is InChI=1S/C12H9ClN2O3S/c13-10-2-1-7(5-9(10)11(16)17)14-12(18)15-8-3-4-19-6-8/h1-6H,(H,16,17)(H2,14,15,18). The molecule has 0 bridgehead atoms. The van der Waals surface area contributed by atoms with Crippen LogP contribution in [0.25, 0.3) is 0 Å². The second-order valence-electron chi connectivity index (χ2n) is 3.59. The van der Waals surface area contributed by atoms with E-state index in [9.17, 15) is 9.59 Å². The molecular weight excluding hydrogens is 288 g/mol. The van der Waals surface area contributed by atoms with Crippen molar-refractivity contribution >= 4 is 46.3 Å². The summed E-state index contributed by atoms with van der Waals surface area (Å²) in [6.45, 7) is 0. The SMILES string of the molecule is O=C(Nc1ccsc1)Nc1ccc(Cl)c(C(=O)O)c1. The number of amides is 2. The zero-order chi connectivity index (χ0) is 13.8. The molecule has 2 amide bonds. The van der Waals surface area contributed by atoms with Gasteiger partial charge in [-0.15, -0.1) is 0 Å². The van der Waals surface area contributed by atoms with Crippen LogP contribution < -0.4 is 10.6 Å². The van der Waals surface area contributed by atoms with E-state index < -0.39 is 12.0 Å². The van der Waals surface area contributed by atoms with E-state index in [2.05, 4.69) is 10.6 Å². The van der Waals surface area contributed by atoms with Gasteiger partial charge in [-0.1, -0.05) is 11.6 Å². The highest BCUT2D eigenvalue weighted by molar-refractivity contribution is 7.08. The minimum absolute atomic E-state index is 0.0602. The molecule has 5 nitrogen and oxygen atoms in total. The number of anilines is 2. The van der Waals surface area contributed by atoms with Gasteiger partial charge in [0.2, 0.25) is 0 Å². The largest absolute Gasteiger partial charge is 0.478 e. The Hall–Kier alpha value is -2.05. The van der Waals surface area contributed by atoms with Crippen molar-refractivity contribution in [3.63, 3.8) is 0 Å². The number of nitrogens with one attached hydrogen (secondary N) is 2. The number of hydrogen-bond acceptors (Lipinski definition) is 3. The third-order valence-corrected chi connectivity index (χ3v) is 3.25. The monoisotopic (exact) mass is 296 g/mol. The average Bonchev–Trinajstić information content (AvgIpc) is 2.84. The molecule has 0 saturated heterocycles. The van der Waals surface area contributed by atoms with Crippen LogP contribution in [0.15, 0.2) is 35.0 Å². The fourth-order valence-electron chi connectivity index (χ4n) is 1.40. The number of thiophene rings is 1. The van der Waals surface area contributed by atoms with Crippen molar-refractivity contribution in [2.75, 3.05) is 10.6 Å². The van der Waals surface area contributed by atoms with Crippen LogP contribution in [0.2, 0.25) is 5.02 Å². The number of carboxylic acids is 1. The summed E-state index contributed by atoms with van der Waals surface area (Å²) in [6.07, 6.45) is 0. The molecule has 2 rings (SSSR count). The van der Waals surface area contributed by atoms with E-state index in [1.165, 1.54) is 29.5 Å². The molecule has 0 spiro atoms. The lowest BCUT2D eigenvalue weighted by molar-refractivity contribution is 0.0697. The zero-order valence-electron chi connectivity index (χ0n) is 9.51. The third-order valence-electron chi connectivity index (χ3n) is 2.23. The molecule has 0 unspecified atom stereocenters. The van der Waals surface area contributed by atoms with Gasteiger partial charge in [-0.25, -0.2) is 9.59 Å². The van der Waals surface area contributed by atoms with Gasteiger partial charge in [-0.3, -0.25) is 0 Å². The molecule has 19 heavy (non-hydrogen) atoms. The van der Waals surface area contributed by atoms with Gasteiger partial charge in [0.1, 0.15) is 0 Å². The summed E-state index contributed by atoms with van der Waals surface area (Å²) in [4.78, 5) is 22.6. The van der Waals surface area contributed by atoms with E-state index in [1.807, 2.05) is 5.38 Å². The van der Waals surface area contributed by atoms with Crippen LogP contribution >= 0.6 is 22.9 Å². The maximum atomic E-state index is 11.6. The van der Waals surface area contributed by atoms with E-state index in [0.717, 1.165) is 0 Å². The summed E-state index contributed by atoms with van der Waals surface area (Å²) < 4.78 is 0. The van der Waals surface area contributed by atoms with Crippen molar-refractivity contribution in [2.45, 2.75) is 0 Å². The molecule has 0 atom stereocenters. The van der Waals surface area contributed by atoms with E-state index >= 15 is 0 Å². The lowest BCUT2D eigenvalue weighted by Crippen LogP contribution is -2.19. The van der Waals surface area contributed by atoms with Gasteiger partial charge in [0.05, 0.1) is 16.3 Å². The molecule has 2 aromatic rings. The lowest BCUT2D eigenvalue weighted by atomic mass is 10.2. The van der Waals surface area contributed by atoms with Crippen molar-refractivity contribution in [1.82, 2.24) is 0 Å². The quantitative estimate of drug-likeness (QED) is 0.807. The van der Waals surface area contributed by atoms with E-state index in [0.29, 0.717) is 11.4 Å². The molecule has 0 fully saturated rings. The van der Waals surface area contributed by atoms with Gasteiger partial charge in [-0.2, -0.15) is 11.3 Å². The number of hydrogen-bond donors (Lipinski definition) is 3. The second kappa shape index (κ2) is 5.73. The van der Waals surface area contributed by atoms with Crippen LogP contribution in [-0.2, 0) is 0 Å². The smallest absolute Gasteiger partial charge is 0.337 e. The molecule has 3 N–H and O–H groups in total. The fourth-order valence-corrected chi connectivity index (χ4v) is 2.18. The Morgan fingerprint density at radius 1 is 1.16 bits per heavy atom. The molecule has 98 valence electrons. The second-order valence-corrected chi connectivity index (χ2v) is 4.78. The molecule has 7 heteroatoms. The van der Waals surface area contributed by atoms with E-state index in [1.54, 1.807) is 11.4 Å². The molecule has 1 aromatic heterocycles. The van der Waals surface area contributed by atoms with Crippen LogP contribution in [0.3, 0.4) is 0 Å². The Labute approximate surface area is 117 Å². The molecule has 0 aliphatic heterocycles. The summed E-state index contributed by atoms with van der Waals surface area (Å²) in [7, 11) is 0. The summed E-state index contributed by atoms with van der Waals surface area (Å²) in [5.74, 6) is -1.15. The number of carboxylic acid groups (broad SMARTS) is 1. The third kappa shape index (κ3) is 3.46. The van der Waals surface area contributed by atoms with Gasteiger partial charge in [0.15, 0.2) is 0 Å². The predicted molar refractivity (Wildman–Crippen MR) is 75.4 cm³/mol. The molecule has 0 saturated carbocycles. The van der Waals surface area contributed by atoms with Crippen molar-refractivity contribution < 1.29 is 14.7 Å². The van der Waals surface area contributed by atoms with Crippen molar-refractivity contribution in [2.24, 2.45) is 0 Å². The normalized spacial score (nSPS) is 9.95. The first-order valence-corrected chi connectivity index (χ1v) is 6.51. The first kappa shape index (κ1) is 13.4. The molecule has 1 aromatic carbocycles. The number of halogens is 1. The van der Waals surface area contributed by atoms with Crippen LogP contribution in [0.5, 0.6) is 0 Å². The molecule has 1 heterocycles. The average molecular weight is 297 g/mol. The fraction of sp³-hybridized carbons (Fsp3) is 0. The van der Waals surface area contributed by atoms with Crippen molar-refractivity contribution in [3.8, 4) is 0 Å². The zero-order valence-corrected chi connectivity index (χ0v) is 11.1. The number of aromatic carboxylic acids is 1. The van der Waals surface area contributed by atoms with Crippen LogP contribution in [0.4, 0.5) is 16.2 Å².